The Morgan fingerprint density at radius 3 is 2.48 bits per heavy atom. The number of nitrogens with one attached hydrogen (secondary N) is 1. The number of rotatable bonds is 5. The van der Waals surface area contributed by atoms with Crippen LogP contribution in [0.15, 0.2) is 21.1 Å². The van der Waals surface area contributed by atoms with E-state index in [4.69, 9.17) is 4.74 Å². The lowest BCUT2D eigenvalue weighted by Crippen LogP contribution is -2.43. The molecular weight excluding hydrogens is 394 g/mol. The zero-order chi connectivity index (χ0) is 15.5. The molecule has 21 heavy (non-hydrogen) atoms. The molecule has 0 bridgehead atoms. The number of benzene rings is 1. The van der Waals surface area contributed by atoms with Crippen LogP contribution in [0, 0.1) is 5.41 Å². The Bertz CT molecular complexity index is 465. The smallest absolute Gasteiger partial charge is 0.147 e. The van der Waals surface area contributed by atoms with Gasteiger partial charge in [-0.3, -0.25) is 0 Å². The Morgan fingerprint density at radius 2 is 1.90 bits per heavy atom. The van der Waals surface area contributed by atoms with Gasteiger partial charge in [-0.15, -0.1) is 0 Å². The van der Waals surface area contributed by atoms with Crippen molar-refractivity contribution in [1.29, 1.82) is 0 Å². The van der Waals surface area contributed by atoms with Gasteiger partial charge < -0.3 is 10.1 Å². The van der Waals surface area contributed by atoms with Gasteiger partial charge in [-0.25, -0.2) is 0 Å². The average molecular weight is 419 g/mol. The molecule has 1 unspecified atom stereocenters. The molecule has 4 heteroatoms. The van der Waals surface area contributed by atoms with Crippen LogP contribution in [0.5, 0.6) is 5.75 Å². The van der Waals surface area contributed by atoms with Crippen molar-refractivity contribution in [3.63, 3.8) is 0 Å². The van der Waals surface area contributed by atoms with Crippen LogP contribution < -0.4 is 10.1 Å². The monoisotopic (exact) mass is 417 g/mol. The zero-order valence-corrected chi connectivity index (χ0v) is 16.3. The van der Waals surface area contributed by atoms with Gasteiger partial charge in [0, 0.05) is 12.6 Å². The van der Waals surface area contributed by atoms with Crippen molar-refractivity contribution in [2.24, 2.45) is 5.41 Å². The molecule has 2 nitrogen and oxygen atoms in total. The molecule has 1 aliphatic carbocycles. The number of hydrogen-bond acceptors (Lipinski definition) is 2. The minimum Gasteiger partial charge on any atom is -0.492 e. The molecule has 0 saturated heterocycles. The molecule has 0 aliphatic heterocycles. The SMILES string of the molecule is CCOc1c(Br)cc(CNC2CCCCC2(C)C)cc1Br. The maximum atomic E-state index is 5.64. The standard InChI is InChI=1S/C17H25Br2NO/c1-4-21-16-13(18)9-12(10-14(16)19)11-20-15-7-5-6-8-17(15,2)3/h9-10,15,20H,4-8,11H2,1-3H3. The maximum absolute atomic E-state index is 5.64. The summed E-state index contributed by atoms with van der Waals surface area (Å²) in [5, 5.41) is 3.75. The highest BCUT2D eigenvalue weighted by Crippen LogP contribution is 2.37. The molecule has 1 N–H and O–H groups in total. The van der Waals surface area contributed by atoms with Gasteiger partial charge in [-0.2, -0.15) is 0 Å². The van der Waals surface area contributed by atoms with Gasteiger partial charge in [0.05, 0.1) is 15.6 Å². The lowest BCUT2D eigenvalue weighted by Gasteiger charge is -2.39. The number of hydrogen-bond donors (Lipinski definition) is 1. The van der Waals surface area contributed by atoms with Crippen LogP contribution in [-0.4, -0.2) is 12.6 Å². The van der Waals surface area contributed by atoms with Crippen LogP contribution in [0.3, 0.4) is 0 Å². The Balaban J connectivity index is 2.03. The largest absolute Gasteiger partial charge is 0.492 e. The van der Waals surface area contributed by atoms with E-state index in [0.717, 1.165) is 21.2 Å². The van der Waals surface area contributed by atoms with Crippen molar-refractivity contribution < 1.29 is 4.74 Å². The van der Waals surface area contributed by atoms with Crippen LogP contribution in [-0.2, 0) is 6.54 Å². The topological polar surface area (TPSA) is 21.3 Å². The molecule has 1 aromatic rings. The second-order valence-electron chi connectivity index (χ2n) is 6.49. The first-order valence-electron chi connectivity index (χ1n) is 7.78. The van der Waals surface area contributed by atoms with Gasteiger partial charge in [0.1, 0.15) is 5.75 Å². The highest BCUT2D eigenvalue weighted by atomic mass is 79.9. The van der Waals surface area contributed by atoms with E-state index < -0.39 is 0 Å². The molecule has 1 aromatic carbocycles. The summed E-state index contributed by atoms with van der Waals surface area (Å²) in [5.74, 6) is 0.888. The third-order valence-electron chi connectivity index (χ3n) is 4.41. The Morgan fingerprint density at radius 1 is 1.24 bits per heavy atom. The first kappa shape index (κ1) is 17.3. The first-order chi connectivity index (χ1) is 9.94. The molecule has 0 amide bonds. The fourth-order valence-corrected chi connectivity index (χ4v) is 4.62. The minimum atomic E-state index is 0.401. The lowest BCUT2D eigenvalue weighted by atomic mass is 9.73. The number of ether oxygens (including phenoxy) is 1. The summed E-state index contributed by atoms with van der Waals surface area (Å²) in [4.78, 5) is 0. The van der Waals surface area contributed by atoms with Gasteiger partial charge in [0.2, 0.25) is 0 Å². The van der Waals surface area contributed by atoms with Crippen molar-refractivity contribution in [3.8, 4) is 5.75 Å². The highest BCUT2D eigenvalue weighted by molar-refractivity contribution is 9.11. The van der Waals surface area contributed by atoms with E-state index in [-0.39, 0.29) is 0 Å². The van der Waals surface area contributed by atoms with Crippen molar-refractivity contribution in [1.82, 2.24) is 5.32 Å². The summed E-state index contributed by atoms with van der Waals surface area (Å²) < 4.78 is 7.66. The molecule has 1 atom stereocenters. The van der Waals surface area contributed by atoms with Crippen molar-refractivity contribution in [3.05, 3.63) is 26.6 Å². The Kier molecular flexibility index (Phi) is 6.15. The zero-order valence-electron chi connectivity index (χ0n) is 13.1. The molecule has 1 fully saturated rings. The van der Waals surface area contributed by atoms with Gasteiger partial charge in [-0.1, -0.05) is 26.7 Å². The van der Waals surface area contributed by atoms with E-state index in [1.807, 2.05) is 6.92 Å². The van der Waals surface area contributed by atoms with Gasteiger partial charge in [0.15, 0.2) is 0 Å². The first-order valence-corrected chi connectivity index (χ1v) is 9.36. The second kappa shape index (κ2) is 7.47. The molecule has 118 valence electrons. The van der Waals surface area contributed by atoms with E-state index >= 15 is 0 Å². The third-order valence-corrected chi connectivity index (χ3v) is 5.58. The lowest BCUT2D eigenvalue weighted by molar-refractivity contribution is 0.166. The molecule has 2 rings (SSSR count). The van der Waals surface area contributed by atoms with Gasteiger partial charge in [0.25, 0.3) is 0 Å². The molecule has 0 aromatic heterocycles. The van der Waals surface area contributed by atoms with E-state index in [1.165, 1.54) is 31.2 Å². The van der Waals surface area contributed by atoms with E-state index in [1.54, 1.807) is 0 Å². The van der Waals surface area contributed by atoms with Crippen molar-refractivity contribution in [2.75, 3.05) is 6.61 Å². The van der Waals surface area contributed by atoms with Crippen molar-refractivity contribution in [2.45, 2.75) is 59.0 Å². The van der Waals surface area contributed by atoms with Crippen LogP contribution in [0.25, 0.3) is 0 Å². The summed E-state index contributed by atoms with van der Waals surface area (Å²) in [7, 11) is 0. The predicted octanol–water partition coefficient (Wildman–Crippen LogP) is 5.67. The van der Waals surface area contributed by atoms with Crippen LogP contribution in [0.1, 0.15) is 52.0 Å². The predicted molar refractivity (Wildman–Crippen MR) is 95.9 cm³/mol. The fraction of sp³-hybridized carbons (Fsp3) is 0.647. The minimum absolute atomic E-state index is 0.401. The van der Waals surface area contributed by atoms with Crippen LogP contribution in [0.4, 0.5) is 0 Å². The maximum Gasteiger partial charge on any atom is 0.147 e. The quantitative estimate of drug-likeness (QED) is 0.665. The molecule has 1 aliphatic rings. The molecule has 0 spiro atoms. The molecule has 1 saturated carbocycles. The average Bonchev–Trinajstić information content (AvgIpc) is 2.41. The summed E-state index contributed by atoms with van der Waals surface area (Å²) in [6, 6.07) is 4.91. The normalized spacial score (nSPS) is 21.3. The summed E-state index contributed by atoms with van der Waals surface area (Å²) in [6.45, 7) is 8.34. The van der Waals surface area contributed by atoms with Gasteiger partial charge in [-0.05, 0) is 74.7 Å². The number of halogens is 2. The molecule has 0 radical (unpaired) electrons. The summed E-state index contributed by atoms with van der Waals surface area (Å²) >= 11 is 7.21. The molecule has 0 heterocycles. The Labute approximate surface area is 145 Å². The van der Waals surface area contributed by atoms with Crippen LogP contribution in [0.2, 0.25) is 0 Å². The molecular formula is C17H25Br2NO. The highest BCUT2D eigenvalue weighted by Gasteiger charge is 2.31. The fourth-order valence-electron chi connectivity index (χ4n) is 3.11. The Hall–Kier alpha value is -0.0600. The summed E-state index contributed by atoms with van der Waals surface area (Å²) in [6.07, 6.45) is 5.32. The summed E-state index contributed by atoms with van der Waals surface area (Å²) in [5.41, 5.74) is 1.68. The van der Waals surface area contributed by atoms with Crippen LogP contribution >= 0.6 is 31.9 Å². The third kappa shape index (κ3) is 4.46. The van der Waals surface area contributed by atoms with E-state index in [0.29, 0.717) is 18.1 Å². The second-order valence-corrected chi connectivity index (χ2v) is 8.20. The van der Waals surface area contributed by atoms with E-state index in [2.05, 4.69) is 63.2 Å². The van der Waals surface area contributed by atoms with Crippen molar-refractivity contribution >= 4 is 31.9 Å². The van der Waals surface area contributed by atoms with E-state index in [9.17, 15) is 0 Å². The van der Waals surface area contributed by atoms with Gasteiger partial charge >= 0.3 is 0 Å².